The topological polar surface area (TPSA) is 110 Å². The van der Waals surface area contributed by atoms with Crippen molar-refractivity contribution in [2.75, 3.05) is 6.54 Å². The van der Waals surface area contributed by atoms with Crippen LogP contribution < -0.4 is 10.5 Å². The van der Waals surface area contributed by atoms with E-state index in [4.69, 9.17) is 17.3 Å². The molecule has 208 valence electrons. The van der Waals surface area contributed by atoms with Crippen molar-refractivity contribution in [3.63, 3.8) is 0 Å². The van der Waals surface area contributed by atoms with Gasteiger partial charge in [0.15, 0.2) is 5.78 Å². The number of ketones is 1. The van der Waals surface area contributed by atoms with Crippen molar-refractivity contribution in [1.29, 1.82) is 0 Å². The predicted molar refractivity (Wildman–Crippen MR) is 138 cm³/mol. The van der Waals surface area contributed by atoms with Gasteiger partial charge in [0.05, 0.1) is 10.9 Å². The molecule has 3 N–H and O–H groups in total. The minimum Gasteiger partial charge on any atom is -0.331 e. The van der Waals surface area contributed by atoms with Crippen molar-refractivity contribution in [1.82, 2.24) is 9.62 Å². The Bertz CT molecular complexity index is 1260. The first-order chi connectivity index (χ1) is 17.7. The van der Waals surface area contributed by atoms with Gasteiger partial charge in [-0.15, -0.1) is 0 Å². The Kier molecular flexibility index (Phi) is 9.62. The SMILES string of the molecule is CC(C)C[C@@H](NS(=O)(=O)c1ccccc1)C(=O)N1CCC[C@H]1C(=O)Cc1cc(Cl)ccc1C(N)C(F)(F)F. The van der Waals surface area contributed by atoms with Gasteiger partial charge in [0.1, 0.15) is 12.1 Å². The highest BCUT2D eigenvalue weighted by Crippen LogP contribution is 2.34. The molecule has 38 heavy (non-hydrogen) atoms. The van der Waals surface area contributed by atoms with Crippen molar-refractivity contribution < 1.29 is 31.2 Å². The molecule has 0 radical (unpaired) electrons. The van der Waals surface area contributed by atoms with Crippen LogP contribution in [-0.4, -0.2) is 49.8 Å². The first-order valence-corrected chi connectivity index (χ1v) is 14.1. The van der Waals surface area contributed by atoms with Gasteiger partial charge >= 0.3 is 6.18 Å². The molecule has 1 saturated heterocycles. The summed E-state index contributed by atoms with van der Waals surface area (Å²) in [6, 6.07) is 7.00. The van der Waals surface area contributed by atoms with E-state index in [1.165, 1.54) is 29.2 Å². The lowest BCUT2D eigenvalue weighted by molar-refractivity contribution is -0.149. The molecule has 3 rings (SSSR count). The minimum absolute atomic E-state index is 0.00472. The van der Waals surface area contributed by atoms with Gasteiger partial charge in [-0.2, -0.15) is 17.9 Å². The molecule has 1 unspecified atom stereocenters. The van der Waals surface area contributed by atoms with Crippen LogP contribution in [0.4, 0.5) is 13.2 Å². The van der Waals surface area contributed by atoms with E-state index in [0.717, 1.165) is 6.07 Å². The van der Waals surface area contributed by atoms with Crippen LogP contribution in [0, 0.1) is 5.92 Å². The van der Waals surface area contributed by atoms with Crippen LogP contribution in [0.5, 0.6) is 0 Å². The summed E-state index contributed by atoms with van der Waals surface area (Å²) in [4.78, 5) is 28.2. The number of hydrogen-bond donors (Lipinski definition) is 2. The zero-order valence-corrected chi connectivity index (χ0v) is 22.6. The molecule has 1 aliphatic heterocycles. The highest BCUT2D eigenvalue weighted by molar-refractivity contribution is 7.89. The van der Waals surface area contributed by atoms with E-state index in [0.29, 0.717) is 12.8 Å². The van der Waals surface area contributed by atoms with Crippen molar-refractivity contribution in [3.8, 4) is 0 Å². The number of halogens is 4. The molecule has 1 heterocycles. The lowest BCUT2D eigenvalue weighted by Crippen LogP contribution is -2.52. The van der Waals surface area contributed by atoms with Crippen LogP contribution in [0.1, 0.15) is 50.3 Å². The highest BCUT2D eigenvalue weighted by atomic mass is 35.5. The summed E-state index contributed by atoms with van der Waals surface area (Å²) in [6.45, 7) is 3.91. The lowest BCUT2D eigenvalue weighted by atomic mass is 9.94. The maximum Gasteiger partial charge on any atom is 0.407 e. The highest BCUT2D eigenvalue weighted by Gasteiger charge is 2.41. The molecular weight excluding hydrogens is 543 g/mol. The molecule has 2 aromatic carbocycles. The van der Waals surface area contributed by atoms with Gasteiger partial charge in [0.25, 0.3) is 0 Å². The number of amides is 1. The summed E-state index contributed by atoms with van der Waals surface area (Å²) in [6.07, 6.45) is -4.13. The number of carbonyl (C=O) groups is 2. The van der Waals surface area contributed by atoms with E-state index in [2.05, 4.69) is 4.72 Å². The molecular formula is C26H31ClF3N3O4S. The lowest BCUT2D eigenvalue weighted by Gasteiger charge is -2.29. The van der Waals surface area contributed by atoms with Crippen LogP contribution in [0.25, 0.3) is 0 Å². The molecule has 0 aliphatic carbocycles. The number of alkyl halides is 3. The van der Waals surface area contributed by atoms with Crippen molar-refractivity contribution in [3.05, 3.63) is 64.7 Å². The van der Waals surface area contributed by atoms with Gasteiger partial charge in [0.2, 0.25) is 15.9 Å². The molecule has 1 fully saturated rings. The number of sulfonamides is 1. The Morgan fingerprint density at radius 2 is 1.82 bits per heavy atom. The second-order valence-corrected chi connectivity index (χ2v) is 12.0. The zero-order valence-electron chi connectivity index (χ0n) is 21.0. The predicted octanol–water partition coefficient (Wildman–Crippen LogP) is 4.40. The summed E-state index contributed by atoms with van der Waals surface area (Å²) in [5.41, 5.74) is 5.18. The Labute approximate surface area is 225 Å². The monoisotopic (exact) mass is 573 g/mol. The molecule has 3 atom stereocenters. The standard InChI is InChI=1S/C26H31ClF3N3O4S/c1-16(2)13-21(32-38(36,37)19-7-4-3-5-8-19)25(35)33-12-6-9-22(33)23(34)15-17-14-18(27)10-11-20(17)24(31)26(28,29)30/h3-5,7-8,10-11,14,16,21-22,24,32H,6,9,12-13,15,31H2,1-2H3/t21-,22+,24?/m1/s1. The fraction of sp³-hybridized carbons (Fsp3) is 0.462. The number of benzene rings is 2. The molecule has 0 saturated carbocycles. The normalized spacial score (nSPS) is 18.0. The van der Waals surface area contributed by atoms with E-state index in [9.17, 15) is 31.2 Å². The van der Waals surface area contributed by atoms with Crippen LogP contribution in [-0.2, 0) is 26.0 Å². The number of rotatable bonds is 10. The van der Waals surface area contributed by atoms with Crippen molar-refractivity contribution >= 4 is 33.3 Å². The van der Waals surface area contributed by atoms with Gasteiger partial charge in [-0.3, -0.25) is 9.59 Å². The summed E-state index contributed by atoms with van der Waals surface area (Å²) in [7, 11) is -4.02. The summed E-state index contributed by atoms with van der Waals surface area (Å²) >= 11 is 6.00. The maximum absolute atomic E-state index is 13.6. The first-order valence-electron chi connectivity index (χ1n) is 12.2. The Hall–Kier alpha value is -2.47. The van der Waals surface area contributed by atoms with Crippen LogP contribution in [0.2, 0.25) is 5.02 Å². The molecule has 7 nitrogen and oxygen atoms in total. The third-order valence-electron chi connectivity index (χ3n) is 6.42. The van der Waals surface area contributed by atoms with E-state index < -0.39 is 52.4 Å². The number of Topliss-reactive ketones (excluding diaryl/α,β-unsaturated/α-hetero) is 1. The largest absolute Gasteiger partial charge is 0.407 e. The van der Waals surface area contributed by atoms with Crippen molar-refractivity contribution in [2.24, 2.45) is 11.7 Å². The van der Waals surface area contributed by atoms with Gasteiger partial charge in [-0.05, 0) is 60.6 Å². The average molecular weight is 574 g/mol. The van der Waals surface area contributed by atoms with Crippen LogP contribution in [0.15, 0.2) is 53.4 Å². The van der Waals surface area contributed by atoms with Gasteiger partial charge in [-0.25, -0.2) is 8.42 Å². The smallest absolute Gasteiger partial charge is 0.331 e. The number of carbonyl (C=O) groups excluding carboxylic acids is 2. The maximum atomic E-state index is 13.6. The number of nitrogens with one attached hydrogen (secondary N) is 1. The fourth-order valence-electron chi connectivity index (χ4n) is 4.60. The zero-order chi connectivity index (χ0) is 28.3. The molecule has 1 aliphatic rings. The minimum atomic E-state index is -4.72. The van der Waals surface area contributed by atoms with E-state index >= 15 is 0 Å². The molecule has 12 heteroatoms. The second-order valence-electron chi connectivity index (χ2n) is 9.81. The second kappa shape index (κ2) is 12.1. The third-order valence-corrected chi connectivity index (χ3v) is 8.14. The summed E-state index contributed by atoms with van der Waals surface area (Å²) < 4.78 is 68.3. The third kappa shape index (κ3) is 7.34. The quantitative estimate of drug-likeness (QED) is 0.438. The van der Waals surface area contributed by atoms with Crippen LogP contribution >= 0.6 is 11.6 Å². The van der Waals surface area contributed by atoms with Gasteiger partial charge in [-0.1, -0.05) is 49.7 Å². The summed E-state index contributed by atoms with van der Waals surface area (Å²) in [5, 5.41) is 0.151. The molecule has 0 aromatic heterocycles. The van der Waals surface area contributed by atoms with E-state index in [1.54, 1.807) is 18.2 Å². The number of nitrogens with zero attached hydrogens (tertiary/aromatic N) is 1. The van der Waals surface area contributed by atoms with Gasteiger partial charge in [0, 0.05) is 18.0 Å². The first kappa shape index (κ1) is 30.1. The van der Waals surface area contributed by atoms with E-state index in [1.807, 2.05) is 13.8 Å². The molecule has 2 aromatic rings. The Morgan fingerprint density at radius 1 is 1.16 bits per heavy atom. The number of likely N-dealkylation sites (tertiary alicyclic amines) is 1. The molecule has 1 amide bonds. The fourth-order valence-corrected chi connectivity index (χ4v) is 6.02. The molecule has 0 bridgehead atoms. The Morgan fingerprint density at radius 3 is 2.42 bits per heavy atom. The Balaban J connectivity index is 1.84. The average Bonchev–Trinajstić information content (AvgIpc) is 3.32. The van der Waals surface area contributed by atoms with Crippen LogP contribution in [0.3, 0.4) is 0 Å². The molecule has 0 spiro atoms. The number of nitrogens with two attached hydrogens (primary N) is 1. The van der Waals surface area contributed by atoms with Crippen molar-refractivity contribution in [2.45, 2.75) is 68.7 Å². The van der Waals surface area contributed by atoms with E-state index in [-0.39, 0.29) is 39.9 Å². The van der Waals surface area contributed by atoms with Gasteiger partial charge < -0.3 is 10.6 Å². The number of hydrogen-bond acceptors (Lipinski definition) is 5. The summed E-state index contributed by atoms with van der Waals surface area (Å²) in [5.74, 6) is -1.06.